The van der Waals surface area contributed by atoms with Crippen molar-refractivity contribution in [3.63, 3.8) is 0 Å². The molecule has 0 heterocycles. The predicted molar refractivity (Wildman–Crippen MR) is 58.4 cm³/mol. The van der Waals surface area contributed by atoms with Gasteiger partial charge in [-0.05, 0) is 17.7 Å². The van der Waals surface area contributed by atoms with Crippen LogP contribution in [0.1, 0.15) is 10.4 Å². The average Bonchev–Trinajstić information content (AvgIpc) is 2.15. The summed E-state index contributed by atoms with van der Waals surface area (Å²) in [6, 6.07) is 4.35. The average molecular weight is 348 g/mol. The number of rotatable bonds is 2. The molecule has 6 heteroatoms. The van der Waals surface area contributed by atoms with Crippen LogP contribution in [0.5, 0.6) is 5.75 Å². The summed E-state index contributed by atoms with van der Waals surface area (Å²) in [5.41, 5.74) is 0.128. The van der Waals surface area contributed by atoms with Gasteiger partial charge >= 0.3 is 6.18 Å². The van der Waals surface area contributed by atoms with Gasteiger partial charge in [-0.25, -0.2) is 0 Å². The van der Waals surface area contributed by atoms with Crippen molar-refractivity contribution in [3.8, 4) is 5.75 Å². The maximum Gasteiger partial charge on any atom is 0.405 e. The molecule has 0 fully saturated rings. The summed E-state index contributed by atoms with van der Waals surface area (Å²) in [4.78, 5) is -1.68. The predicted octanol–water partition coefficient (Wildman–Crippen LogP) is 4.46. The van der Waals surface area contributed by atoms with Crippen molar-refractivity contribution < 1.29 is 17.9 Å². The van der Waals surface area contributed by atoms with Gasteiger partial charge in [-0.3, -0.25) is 0 Å². The highest BCUT2D eigenvalue weighted by Crippen LogP contribution is 2.43. The van der Waals surface area contributed by atoms with Crippen LogP contribution in [0, 0.1) is 0 Å². The molecule has 1 unspecified atom stereocenters. The van der Waals surface area contributed by atoms with E-state index in [2.05, 4.69) is 31.9 Å². The molecule has 0 aliphatic rings. The Labute approximate surface area is 102 Å². The molecule has 84 valence electrons. The third kappa shape index (κ3) is 3.11. The van der Waals surface area contributed by atoms with Crippen LogP contribution in [-0.2, 0) is 0 Å². The van der Waals surface area contributed by atoms with E-state index >= 15 is 0 Å². The topological polar surface area (TPSA) is 9.23 Å². The van der Waals surface area contributed by atoms with Gasteiger partial charge in [0.1, 0.15) is 10.6 Å². The molecule has 0 aliphatic carbocycles. The van der Waals surface area contributed by atoms with E-state index in [-0.39, 0.29) is 5.56 Å². The number of hydrogen-bond donors (Lipinski definition) is 0. The smallest absolute Gasteiger partial charge is 0.405 e. The standard InChI is InChI=1S/C9H7Br2F3O/c1-15-5-2-3-6(7(10)4-5)8(11)9(12,13)14/h2-4,8H,1H3. The van der Waals surface area contributed by atoms with Gasteiger partial charge in [0.05, 0.1) is 7.11 Å². The minimum Gasteiger partial charge on any atom is -0.497 e. The first kappa shape index (κ1) is 12.8. The Kier molecular flexibility index (Phi) is 4.06. The molecule has 0 spiro atoms. The molecular weight excluding hydrogens is 341 g/mol. The minimum atomic E-state index is -4.31. The first-order valence-electron chi connectivity index (χ1n) is 3.90. The summed E-state index contributed by atoms with van der Waals surface area (Å²) < 4.78 is 42.4. The molecule has 0 bridgehead atoms. The molecule has 0 radical (unpaired) electrons. The van der Waals surface area contributed by atoms with Crippen molar-refractivity contribution in [1.29, 1.82) is 0 Å². The molecule has 0 N–H and O–H groups in total. The maximum absolute atomic E-state index is 12.4. The van der Waals surface area contributed by atoms with Crippen LogP contribution >= 0.6 is 31.9 Å². The maximum atomic E-state index is 12.4. The molecule has 0 aromatic heterocycles. The summed E-state index contributed by atoms with van der Waals surface area (Å²) >= 11 is 5.68. The zero-order valence-corrected chi connectivity index (χ0v) is 10.8. The van der Waals surface area contributed by atoms with Gasteiger partial charge in [0.15, 0.2) is 0 Å². The molecule has 0 amide bonds. The fourth-order valence-electron chi connectivity index (χ4n) is 1.02. The van der Waals surface area contributed by atoms with Gasteiger partial charge in [0, 0.05) is 4.47 Å². The number of alkyl halides is 4. The molecule has 1 atom stereocenters. The first-order valence-corrected chi connectivity index (χ1v) is 5.61. The molecule has 1 rings (SSSR count). The Morgan fingerprint density at radius 2 is 1.93 bits per heavy atom. The van der Waals surface area contributed by atoms with E-state index in [4.69, 9.17) is 4.74 Å². The van der Waals surface area contributed by atoms with Gasteiger partial charge < -0.3 is 4.74 Å². The Bertz CT molecular complexity index is 352. The highest BCUT2D eigenvalue weighted by atomic mass is 79.9. The van der Waals surface area contributed by atoms with Crippen molar-refractivity contribution >= 4 is 31.9 Å². The van der Waals surface area contributed by atoms with Crippen LogP contribution in [0.25, 0.3) is 0 Å². The van der Waals surface area contributed by atoms with Crippen molar-refractivity contribution in [2.45, 2.75) is 11.0 Å². The van der Waals surface area contributed by atoms with Gasteiger partial charge in [0.25, 0.3) is 0 Å². The Morgan fingerprint density at radius 1 is 1.33 bits per heavy atom. The van der Waals surface area contributed by atoms with E-state index in [1.165, 1.54) is 25.3 Å². The monoisotopic (exact) mass is 346 g/mol. The highest BCUT2D eigenvalue weighted by Gasteiger charge is 2.39. The lowest BCUT2D eigenvalue weighted by Gasteiger charge is -2.16. The largest absolute Gasteiger partial charge is 0.497 e. The van der Waals surface area contributed by atoms with Crippen LogP contribution in [0.3, 0.4) is 0 Å². The normalized spacial score (nSPS) is 13.7. The van der Waals surface area contributed by atoms with Crippen LogP contribution in [0.2, 0.25) is 0 Å². The minimum absolute atomic E-state index is 0.128. The zero-order valence-electron chi connectivity index (χ0n) is 7.61. The lowest BCUT2D eigenvalue weighted by atomic mass is 10.1. The van der Waals surface area contributed by atoms with Crippen LogP contribution in [-0.4, -0.2) is 13.3 Å². The Morgan fingerprint density at radius 3 is 2.33 bits per heavy atom. The van der Waals surface area contributed by atoms with Crippen molar-refractivity contribution in [3.05, 3.63) is 28.2 Å². The third-order valence-corrected chi connectivity index (χ3v) is 3.47. The quantitative estimate of drug-likeness (QED) is 0.718. The molecule has 1 aromatic carbocycles. The number of hydrogen-bond acceptors (Lipinski definition) is 1. The van der Waals surface area contributed by atoms with Gasteiger partial charge in [-0.15, -0.1) is 0 Å². The molecular formula is C9H7Br2F3O. The zero-order chi connectivity index (χ0) is 11.6. The fourth-order valence-corrected chi connectivity index (χ4v) is 2.31. The summed E-state index contributed by atoms with van der Waals surface area (Å²) in [7, 11) is 1.46. The second-order valence-electron chi connectivity index (χ2n) is 2.79. The van der Waals surface area contributed by atoms with E-state index < -0.39 is 11.0 Å². The summed E-state index contributed by atoms with van der Waals surface area (Å²) in [5, 5.41) is 0. The molecule has 0 saturated carbocycles. The van der Waals surface area contributed by atoms with E-state index in [1.54, 1.807) is 0 Å². The van der Waals surface area contributed by atoms with Crippen molar-refractivity contribution in [2.24, 2.45) is 0 Å². The second kappa shape index (κ2) is 4.74. The van der Waals surface area contributed by atoms with Crippen LogP contribution < -0.4 is 4.74 Å². The molecule has 0 aliphatic heterocycles. The molecule has 0 saturated heterocycles. The lowest BCUT2D eigenvalue weighted by molar-refractivity contribution is -0.128. The Balaban J connectivity index is 3.06. The van der Waals surface area contributed by atoms with Crippen molar-refractivity contribution in [1.82, 2.24) is 0 Å². The SMILES string of the molecule is COc1ccc(C(Br)C(F)(F)F)c(Br)c1. The van der Waals surface area contributed by atoms with Gasteiger partial charge in [0.2, 0.25) is 0 Å². The summed E-state index contributed by atoms with van der Waals surface area (Å²) in [6.45, 7) is 0. The fraction of sp³-hybridized carbons (Fsp3) is 0.333. The number of methoxy groups -OCH3 is 1. The molecule has 1 aromatic rings. The first-order chi connectivity index (χ1) is 6.86. The second-order valence-corrected chi connectivity index (χ2v) is 4.56. The third-order valence-electron chi connectivity index (χ3n) is 1.77. The Hall–Kier alpha value is -0.230. The van der Waals surface area contributed by atoms with Crippen molar-refractivity contribution in [2.75, 3.05) is 7.11 Å². The van der Waals surface area contributed by atoms with Gasteiger partial charge in [-0.2, -0.15) is 13.2 Å². The summed E-state index contributed by atoms with van der Waals surface area (Å²) in [5.74, 6) is 0.507. The van der Waals surface area contributed by atoms with Crippen LogP contribution in [0.4, 0.5) is 13.2 Å². The lowest BCUT2D eigenvalue weighted by Crippen LogP contribution is -2.15. The van der Waals surface area contributed by atoms with Gasteiger partial charge in [-0.1, -0.05) is 37.9 Å². The van der Waals surface area contributed by atoms with E-state index in [0.717, 1.165) is 0 Å². The number of ether oxygens (including phenoxy) is 1. The molecule has 1 nitrogen and oxygen atoms in total. The number of benzene rings is 1. The van der Waals surface area contributed by atoms with E-state index in [0.29, 0.717) is 10.2 Å². The van der Waals surface area contributed by atoms with Crippen LogP contribution in [0.15, 0.2) is 22.7 Å². The number of halogens is 5. The highest BCUT2D eigenvalue weighted by molar-refractivity contribution is 9.11. The van der Waals surface area contributed by atoms with E-state index in [1.807, 2.05) is 0 Å². The van der Waals surface area contributed by atoms with E-state index in [9.17, 15) is 13.2 Å². The summed E-state index contributed by atoms with van der Waals surface area (Å²) in [6.07, 6.45) is -4.31. The molecule has 15 heavy (non-hydrogen) atoms.